The average molecular weight is 169 g/mol. The largest absolute Gasteiger partial charge is 0.207 e. The zero-order chi connectivity index (χ0) is 6.69. The first-order chi connectivity index (χ1) is 4.34. The van der Waals surface area contributed by atoms with Crippen molar-refractivity contribution in [1.29, 1.82) is 0 Å². The lowest BCUT2D eigenvalue weighted by Gasteiger charge is -1.93. The van der Waals surface area contributed by atoms with E-state index in [-0.39, 0.29) is 34.8 Å². The molecule has 0 saturated heterocycles. The molecule has 0 bridgehead atoms. The van der Waals surface area contributed by atoms with Crippen LogP contribution in [-0.2, 0) is 5.88 Å². The van der Waals surface area contributed by atoms with Gasteiger partial charge in [0.15, 0.2) is 0 Å². The highest BCUT2D eigenvalue weighted by atomic mass is 35.5. The van der Waals surface area contributed by atoms with Crippen molar-refractivity contribution in [2.45, 2.75) is 5.88 Å². The van der Waals surface area contributed by atoms with Crippen molar-refractivity contribution in [2.24, 2.45) is 0 Å². The van der Waals surface area contributed by atoms with Gasteiger partial charge in [-0.15, -0.1) is 11.6 Å². The van der Waals surface area contributed by atoms with Gasteiger partial charge in [-0.3, -0.25) is 0 Å². The molecule has 0 nitrogen and oxygen atoms in total. The van der Waals surface area contributed by atoms with Crippen LogP contribution in [0.4, 0.5) is 4.39 Å². The van der Waals surface area contributed by atoms with Gasteiger partial charge < -0.3 is 0 Å². The summed E-state index contributed by atoms with van der Waals surface area (Å²) in [7, 11) is 0. The van der Waals surface area contributed by atoms with Crippen LogP contribution < -0.4 is 0 Å². The summed E-state index contributed by atoms with van der Waals surface area (Å²) >= 11 is 5.39. The Balaban J connectivity index is 0.000000810. The van der Waals surface area contributed by atoms with Gasteiger partial charge in [0.1, 0.15) is 5.82 Å². The number of alkyl halides is 1. The van der Waals surface area contributed by atoms with E-state index in [0.717, 1.165) is 0 Å². The standard InChI is InChI=1S/C7H6ClF.Mg/c8-5-6-3-1-2-4-7(6)9;/h1-4H,5H2;. The van der Waals surface area contributed by atoms with E-state index in [0.29, 0.717) is 5.56 Å². The summed E-state index contributed by atoms with van der Waals surface area (Å²) in [6, 6.07) is 6.48. The van der Waals surface area contributed by atoms with Gasteiger partial charge in [0, 0.05) is 28.6 Å². The molecule has 10 heavy (non-hydrogen) atoms. The summed E-state index contributed by atoms with van der Waals surface area (Å²) in [6.45, 7) is 0. The lowest BCUT2D eigenvalue weighted by molar-refractivity contribution is 0.617. The number of hydrogen-bond donors (Lipinski definition) is 0. The molecule has 0 aromatic heterocycles. The van der Waals surface area contributed by atoms with Crippen LogP contribution in [0, 0.1) is 5.82 Å². The molecule has 0 aliphatic carbocycles. The first-order valence-corrected chi connectivity index (χ1v) is 3.17. The van der Waals surface area contributed by atoms with Crippen LogP contribution >= 0.6 is 11.6 Å². The molecule has 0 atom stereocenters. The third-order valence-corrected chi connectivity index (χ3v) is 1.39. The number of halogens is 2. The van der Waals surface area contributed by atoms with Gasteiger partial charge in [-0.25, -0.2) is 4.39 Å². The van der Waals surface area contributed by atoms with Crippen LogP contribution in [0.2, 0.25) is 0 Å². The molecule has 0 aliphatic heterocycles. The fraction of sp³-hybridized carbons (Fsp3) is 0.143. The predicted molar refractivity (Wildman–Crippen MR) is 41.7 cm³/mol. The van der Waals surface area contributed by atoms with Gasteiger partial charge in [0.05, 0.1) is 5.88 Å². The average Bonchev–Trinajstić information content (AvgIpc) is 1.89. The van der Waals surface area contributed by atoms with Crippen molar-refractivity contribution in [3.63, 3.8) is 0 Å². The predicted octanol–water partition coefficient (Wildman–Crippen LogP) is 2.18. The monoisotopic (exact) mass is 168 g/mol. The summed E-state index contributed by atoms with van der Waals surface area (Å²) in [5.74, 6) is 0.0136. The highest BCUT2D eigenvalue weighted by Crippen LogP contribution is 2.07. The summed E-state index contributed by atoms with van der Waals surface area (Å²) in [4.78, 5) is 0. The molecule has 0 fully saturated rings. The third-order valence-electron chi connectivity index (χ3n) is 1.10. The van der Waals surface area contributed by atoms with Crippen molar-refractivity contribution < 1.29 is 4.39 Å². The van der Waals surface area contributed by atoms with Crippen LogP contribution in [0.25, 0.3) is 0 Å². The lowest BCUT2D eigenvalue weighted by atomic mass is 10.2. The molecule has 2 radical (unpaired) electrons. The molecule has 1 aromatic carbocycles. The molecule has 50 valence electrons. The molecule has 0 heterocycles. The van der Waals surface area contributed by atoms with Gasteiger partial charge in [-0.1, -0.05) is 18.2 Å². The van der Waals surface area contributed by atoms with Crippen LogP contribution in [0.15, 0.2) is 24.3 Å². The lowest BCUT2D eigenvalue weighted by Crippen LogP contribution is -1.82. The summed E-state index contributed by atoms with van der Waals surface area (Å²) in [5.41, 5.74) is 0.555. The molecule has 0 aliphatic rings. The van der Waals surface area contributed by atoms with E-state index in [9.17, 15) is 4.39 Å². The van der Waals surface area contributed by atoms with E-state index in [1.807, 2.05) is 0 Å². The molecular formula is C7H6ClFMg. The Kier molecular flexibility index (Phi) is 5.04. The van der Waals surface area contributed by atoms with E-state index in [2.05, 4.69) is 0 Å². The molecule has 1 rings (SSSR count). The van der Waals surface area contributed by atoms with Crippen LogP contribution in [0.3, 0.4) is 0 Å². The van der Waals surface area contributed by atoms with E-state index in [4.69, 9.17) is 11.6 Å². The number of hydrogen-bond acceptors (Lipinski definition) is 0. The first kappa shape index (κ1) is 10.2. The SMILES string of the molecule is Fc1ccccc1CCl.[Mg]. The van der Waals surface area contributed by atoms with Crippen molar-refractivity contribution in [2.75, 3.05) is 0 Å². The van der Waals surface area contributed by atoms with Crippen LogP contribution in [0.1, 0.15) is 5.56 Å². The van der Waals surface area contributed by atoms with Gasteiger partial charge in [-0.05, 0) is 6.07 Å². The zero-order valence-corrected chi connectivity index (χ0v) is 7.65. The van der Waals surface area contributed by atoms with Gasteiger partial charge in [0.25, 0.3) is 0 Å². The Labute approximate surface area is 80.5 Å². The molecular weight excluding hydrogens is 163 g/mol. The second-order valence-electron chi connectivity index (χ2n) is 1.73. The van der Waals surface area contributed by atoms with Crippen molar-refractivity contribution in [3.05, 3.63) is 35.6 Å². The molecule has 0 N–H and O–H groups in total. The van der Waals surface area contributed by atoms with Crippen molar-refractivity contribution >= 4 is 34.7 Å². The fourth-order valence-corrected chi connectivity index (χ4v) is 0.824. The Morgan fingerprint density at radius 1 is 1.30 bits per heavy atom. The molecule has 0 amide bonds. The Bertz CT molecular complexity index is 203. The van der Waals surface area contributed by atoms with Gasteiger partial charge >= 0.3 is 0 Å². The van der Waals surface area contributed by atoms with Crippen LogP contribution in [-0.4, -0.2) is 23.1 Å². The zero-order valence-electron chi connectivity index (χ0n) is 5.48. The second kappa shape index (κ2) is 4.94. The maximum atomic E-state index is 12.5. The van der Waals surface area contributed by atoms with Gasteiger partial charge in [-0.2, -0.15) is 0 Å². The maximum Gasteiger partial charge on any atom is 0.127 e. The second-order valence-corrected chi connectivity index (χ2v) is 1.99. The molecule has 3 heteroatoms. The summed E-state index contributed by atoms with van der Waals surface area (Å²) in [5, 5.41) is 0. The molecule has 0 unspecified atom stereocenters. The van der Waals surface area contributed by atoms with E-state index < -0.39 is 0 Å². The minimum absolute atomic E-state index is 0. The van der Waals surface area contributed by atoms with Crippen LogP contribution in [0.5, 0.6) is 0 Å². The summed E-state index contributed by atoms with van der Waals surface area (Å²) < 4.78 is 12.5. The fourth-order valence-electron chi connectivity index (χ4n) is 0.607. The topological polar surface area (TPSA) is 0 Å². The Morgan fingerprint density at radius 2 is 1.90 bits per heavy atom. The Morgan fingerprint density at radius 3 is 2.30 bits per heavy atom. The molecule has 0 spiro atoms. The summed E-state index contributed by atoms with van der Waals surface area (Å²) in [6.07, 6.45) is 0. The number of benzene rings is 1. The van der Waals surface area contributed by atoms with E-state index in [1.165, 1.54) is 6.07 Å². The Hall–Kier alpha value is 0.206. The van der Waals surface area contributed by atoms with E-state index >= 15 is 0 Å². The van der Waals surface area contributed by atoms with E-state index in [1.54, 1.807) is 18.2 Å². The smallest absolute Gasteiger partial charge is 0.127 e. The maximum absolute atomic E-state index is 12.5. The van der Waals surface area contributed by atoms with Crippen molar-refractivity contribution in [3.8, 4) is 0 Å². The highest BCUT2D eigenvalue weighted by Gasteiger charge is 1.95. The minimum Gasteiger partial charge on any atom is -0.207 e. The van der Waals surface area contributed by atoms with Crippen molar-refractivity contribution in [1.82, 2.24) is 0 Å². The highest BCUT2D eigenvalue weighted by molar-refractivity contribution is 6.17. The third kappa shape index (κ3) is 2.44. The van der Waals surface area contributed by atoms with Gasteiger partial charge in [0.2, 0.25) is 0 Å². The first-order valence-electron chi connectivity index (χ1n) is 2.64. The normalized spacial score (nSPS) is 8.60. The minimum atomic E-state index is -0.229. The molecule has 0 saturated carbocycles. The molecule has 1 aromatic rings. The quantitative estimate of drug-likeness (QED) is 0.446. The number of rotatable bonds is 1.